The van der Waals surface area contributed by atoms with E-state index in [1.807, 2.05) is 25.2 Å². The summed E-state index contributed by atoms with van der Waals surface area (Å²) >= 11 is 2.27. The van der Waals surface area contributed by atoms with Crippen molar-refractivity contribution in [2.24, 2.45) is 7.05 Å². The number of hydrogen-bond donors (Lipinski definition) is 1. The van der Waals surface area contributed by atoms with E-state index in [-0.39, 0.29) is 5.41 Å². The van der Waals surface area contributed by atoms with Gasteiger partial charge in [-0.15, -0.1) is 0 Å². The van der Waals surface area contributed by atoms with Gasteiger partial charge in [0, 0.05) is 27.3 Å². The summed E-state index contributed by atoms with van der Waals surface area (Å²) in [6, 6.07) is 5.93. The van der Waals surface area contributed by atoms with E-state index in [2.05, 4.69) is 53.4 Å². The third-order valence-corrected chi connectivity index (χ3v) is 3.36. The zero-order valence-corrected chi connectivity index (χ0v) is 13.2. The van der Waals surface area contributed by atoms with Gasteiger partial charge in [-0.1, -0.05) is 20.8 Å². The SMILES string of the molecule is Cn1nc(C(C)(C)C)nc1-c1cc(I)ccc1N. The Kier molecular flexibility index (Phi) is 3.35. The summed E-state index contributed by atoms with van der Waals surface area (Å²) in [7, 11) is 1.90. The Morgan fingerprint density at radius 1 is 1.28 bits per heavy atom. The predicted octanol–water partition coefficient (Wildman–Crippen LogP) is 2.97. The van der Waals surface area contributed by atoms with Crippen LogP contribution in [0.4, 0.5) is 5.69 Å². The highest BCUT2D eigenvalue weighted by atomic mass is 127. The molecule has 4 nitrogen and oxygen atoms in total. The summed E-state index contributed by atoms with van der Waals surface area (Å²) in [4.78, 5) is 4.62. The molecular formula is C13H17IN4. The summed E-state index contributed by atoms with van der Waals surface area (Å²) in [5.41, 5.74) is 7.63. The quantitative estimate of drug-likeness (QED) is 0.631. The van der Waals surface area contributed by atoms with Crippen LogP contribution in [0, 0.1) is 3.57 Å². The lowest BCUT2D eigenvalue weighted by molar-refractivity contribution is 0.538. The van der Waals surface area contributed by atoms with Gasteiger partial charge in [-0.25, -0.2) is 9.67 Å². The van der Waals surface area contributed by atoms with Crippen LogP contribution in [0.3, 0.4) is 0 Å². The average molecular weight is 356 g/mol. The molecule has 0 saturated heterocycles. The Labute approximate surface area is 121 Å². The number of nitrogens with two attached hydrogens (primary N) is 1. The molecule has 0 aliphatic heterocycles. The molecule has 2 N–H and O–H groups in total. The zero-order chi connectivity index (χ0) is 13.5. The van der Waals surface area contributed by atoms with Gasteiger partial charge in [0.2, 0.25) is 0 Å². The number of aryl methyl sites for hydroxylation is 1. The fraction of sp³-hybridized carbons (Fsp3) is 0.385. The van der Waals surface area contributed by atoms with Crippen molar-refractivity contribution in [1.82, 2.24) is 14.8 Å². The predicted molar refractivity (Wildman–Crippen MR) is 82.3 cm³/mol. The topological polar surface area (TPSA) is 56.7 Å². The number of nitrogen functional groups attached to an aromatic ring is 1. The lowest BCUT2D eigenvalue weighted by atomic mass is 9.96. The Morgan fingerprint density at radius 2 is 1.94 bits per heavy atom. The second kappa shape index (κ2) is 4.53. The normalized spacial score (nSPS) is 11.8. The van der Waals surface area contributed by atoms with E-state index in [4.69, 9.17) is 5.73 Å². The van der Waals surface area contributed by atoms with Gasteiger partial charge in [0.1, 0.15) is 0 Å². The fourth-order valence-electron chi connectivity index (χ4n) is 1.66. The Morgan fingerprint density at radius 3 is 2.50 bits per heavy atom. The van der Waals surface area contributed by atoms with Gasteiger partial charge >= 0.3 is 0 Å². The van der Waals surface area contributed by atoms with Crippen molar-refractivity contribution < 1.29 is 0 Å². The Bertz CT molecular complexity index is 581. The van der Waals surface area contributed by atoms with Crippen LogP contribution in [0.5, 0.6) is 0 Å². The number of benzene rings is 1. The van der Waals surface area contributed by atoms with E-state index in [1.165, 1.54) is 0 Å². The highest BCUT2D eigenvalue weighted by Gasteiger charge is 2.22. The molecule has 5 heteroatoms. The summed E-state index contributed by atoms with van der Waals surface area (Å²) in [5, 5.41) is 4.48. The van der Waals surface area contributed by atoms with Crippen molar-refractivity contribution in [1.29, 1.82) is 0 Å². The van der Waals surface area contributed by atoms with Crippen molar-refractivity contribution in [3.8, 4) is 11.4 Å². The van der Waals surface area contributed by atoms with E-state index in [0.29, 0.717) is 0 Å². The molecule has 0 saturated carbocycles. The monoisotopic (exact) mass is 356 g/mol. The standard InChI is InChI=1S/C13H17IN4/c1-13(2,3)12-16-11(18(4)17-12)9-7-8(14)5-6-10(9)15/h5-7H,15H2,1-4H3. The van der Waals surface area contributed by atoms with Gasteiger partial charge in [0.25, 0.3) is 0 Å². The van der Waals surface area contributed by atoms with Crippen LogP contribution in [-0.4, -0.2) is 14.8 Å². The second-order valence-corrected chi connectivity index (χ2v) is 6.61. The Balaban J connectivity index is 2.58. The van der Waals surface area contributed by atoms with Gasteiger partial charge in [0.15, 0.2) is 11.6 Å². The molecular weight excluding hydrogens is 339 g/mol. The number of rotatable bonds is 1. The molecule has 96 valence electrons. The molecule has 0 bridgehead atoms. The van der Waals surface area contributed by atoms with Crippen LogP contribution in [0.25, 0.3) is 11.4 Å². The summed E-state index contributed by atoms with van der Waals surface area (Å²) in [5.74, 6) is 1.65. The molecule has 0 spiro atoms. The minimum absolute atomic E-state index is 0.0628. The van der Waals surface area contributed by atoms with Gasteiger partial charge in [0.05, 0.1) is 0 Å². The Hall–Kier alpha value is -1.11. The molecule has 0 aliphatic carbocycles. The van der Waals surface area contributed by atoms with E-state index in [1.54, 1.807) is 4.68 Å². The van der Waals surface area contributed by atoms with E-state index < -0.39 is 0 Å². The fourth-order valence-corrected chi connectivity index (χ4v) is 2.15. The molecule has 2 rings (SSSR count). The maximum absolute atomic E-state index is 6.02. The minimum atomic E-state index is -0.0628. The molecule has 1 aromatic carbocycles. The molecule has 0 atom stereocenters. The zero-order valence-electron chi connectivity index (χ0n) is 11.0. The lowest BCUT2D eigenvalue weighted by Crippen LogP contribution is -2.13. The van der Waals surface area contributed by atoms with E-state index in [9.17, 15) is 0 Å². The molecule has 2 aromatic rings. The number of anilines is 1. The first-order valence-electron chi connectivity index (χ1n) is 5.76. The van der Waals surface area contributed by atoms with Gasteiger partial charge < -0.3 is 5.73 Å². The summed E-state index contributed by atoms with van der Waals surface area (Å²) in [6.45, 7) is 6.30. The molecule has 0 unspecified atom stereocenters. The smallest absolute Gasteiger partial charge is 0.160 e. The number of nitrogens with zero attached hydrogens (tertiary/aromatic N) is 3. The van der Waals surface area contributed by atoms with Crippen LogP contribution < -0.4 is 5.73 Å². The van der Waals surface area contributed by atoms with E-state index in [0.717, 1.165) is 26.5 Å². The molecule has 1 aromatic heterocycles. The summed E-state index contributed by atoms with van der Waals surface area (Å²) in [6.07, 6.45) is 0. The highest BCUT2D eigenvalue weighted by molar-refractivity contribution is 14.1. The van der Waals surface area contributed by atoms with Crippen molar-refractivity contribution in [3.05, 3.63) is 27.6 Å². The van der Waals surface area contributed by atoms with Gasteiger partial charge in [-0.05, 0) is 40.8 Å². The van der Waals surface area contributed by atoms with Crippen LogP contribution in [0.15, 0.2) is 18.2 Å². The maximum Gasteiger partial charge on any atom is 0.160 e. The first-order valence-corrected chi connectivity index (χ1v) is 6.84. The van der Waals surface area contributed by atoms with Crippen molar-refractivity contribution >= 4 is 28.3 Å². The number of halogens is 1. The molecule has 1 heterocycles. The van der Waals surface area contributed by atoms with Gasteiger partial charge in [-0.2, -0.15) is 5.10 Å². The van der Waals surface area contributed by atoms with Crippen molar-refractivity contribution in [3.63, 3.8) is 0 Å². The largest absolute Gasteiger partial charge is 0.398 e. The molecule has 18 heavy (non-hydrogen) atoms. The number of aromatic nitrogens is 3. The van der Waals surface area contributed by atoms with Crippen LogP contribution >= 0.6 is 22.6 Å². The number of hydrogen-bond acceptors (Lipinski definition) is 3. The van der Waals surface area contributed by atoms with Crippen LogP contribution in [-0.2, 0) is 12.5 Å². The van der Waals surface area contributed by atoms with Gasteiger partial charge in [-0.3, -0.25) is 0 Å². The minimum Gasteiger partial charge on any atom is -0.398 e. The average Bonchev–Trinajstić information content (AvgIpc) is 2.64. The third kappa shape index (κ3) is 2.50. The van der Waals surface area contributed by atoms with E-state index >= 15 is 0 Å². The van der Waals surface area contributed by atoms with Crippen LogP contribution in [0.2, 0.25) is 0 Å². The lowest BCUT2D eigenvalue weighted by Gasteiger charge is -2.12. The summed E-state index contributed by atoms with van der Waals surface area (Å²) < 4.78 is 2.93. The first kappa shape index (κ1) is 13.3. The molecule has 0 radical (unpaired) electrons. The highest BCUT2D eigenvalue weighted by Crippen LogP contribution is 2.28. The molecule has 0 amide bonds. The van der Waals surface area contributed by atoms with Crippen molar-refractivity contribution in [2.45, 2.75) is 26.2 Å². The maximum atomic E-state index is 6.02. The first-order chi connectivity index (χ1) is 8.29. The third-order valence-electron chi connectivity index (χ3n) is 2.69. The van der Waals surface area contributed by atoms with Crippen LogP contribution in [0.1, 0.15) is 26.6 Å². The van der Waals surface area contributed by atoms with Crippen molar-refractivity contribution in [2.75, 3.05) is 5.73 Å². The second-order valence-electron chi connectivity index (χ2n) is 5.36. The molecule has 0 aliphatic rings. The molecule has 0 fully saturated rings.